The van der Waals surface area contributed by atoms with Gasteiger partial charge in [0.15, 0.2) is 0 Å². The number of nitrogens with one attached hydrogen (secondary N) is 1. The molecule has 4 aliphatic carbocycles. The Balaban J connectivity index is 1.34. The molecule has 6 heteroatoms. The first kappa shape index (κ1) is 29.0. The molecule has 46 heavy (non-hydrogen) atoms. The van der Waals surface area contributed by atoms with E-state index in [9.17, 15) is 4.79 Å². The summed E-state index contributed by atoms with van der Waals surface area (Å²) in [7, 11) is 1.59. The molecule has 3 aromatic carbocycles. The largest absolute Gasteiger partial charge is 0.496 e. The molecule has 3 aromatic rings. The highest BCUT2D eigenvalue weighted by atomic mass is 32.2. The topological polar surface area (TPSA) is 58.6 Å². The average Bonchev–Trinajstić information content (AvgIpc) is 3.60. The summed E-state index contributed by atoms with van der Waals surface area (Å²) in [5.74, 6) is -0.0614. The number of allylic oxidation sites excluding steroid dienone is 5. The highest BCUT2D eigenvalue weighted by Gasteiger charge is 2.69. The van der Waals surface area contributed by atoms with Gasteiger partial charge in [-0.3, -0.25) is 9.59 Å². The predicted molar refractivity (Wildman–Crippen MR) is 184 cm³/mol. The fourth-order valence-corrected chi connectivity index (χ4v) is 9.94. The number of nitrogens with zero attached hydrogens (tertiary/aromatic N) is 1. The molecule has 230 valence electrons. The van der Waals surface area contributed by atoms with Gasteiger partial charge in [-0.25, -0.2) is 4.90 Å². The maximum atomic E-state index is 15.9. The quantitative estimate of drug-likeness (QED) is 0.288. The number of hydrogen-bond donors (Lipinski definition) is 1. The molecule has 0 unspecified atom stereocenters. The Kier molecular flexibility index (Phi) is 7.04. The van der Waals surface area contributed by atoms with Crippen LogP contribution in [0.15, 0.2) is 131 Å². The maximum absolute atomic E-state index is 15.9. The third kappa shape index (κ3) is 3.99. The number of fused-ring (bicyclic) bond motifs is 2. The van der Waals surface area contributed by atoms with Crippen LogP contribution in [0.1, 0.15) is 47.4 Å². The lowest BCUT2D eigenvalue weighted by molar-refractivity contribution is -0.153. The number of benzene rings is 3. The van der Waals surface area contributed by atoms with E-state index in [0.29, 0.717) is 36.5 Å². The van der Waals surface area contributed by atoms with Crippen molar-refractivity contribution in [3.05, 3.63) is 154 Å². The Morgan fingerprint density at radius 3 is 2.65 bits per heavy atom. The van der Waals surface area contributed by atoms with Crippen molar-refractivity contribution in [1.29, 1.82) is 0 Å². The van der Waals surface area contributed by atoms with Crippen molar-refractivity contribution in [2.75, 3.05) is 20.2 Å². The van der Waals surface area contributed by atoms with Gasteiger partial charge in [-0.15, -0.1) is 0 Å². The zero-order valence-corrected chi connectivity index (χ0v) is 26.7. The third-order valence-electron chi connectivity index (χ3n) is 11.0. The summed E-state index contributed by atoms with van der Waals surface area (Å²) in [5.41, 5.74) is 5.06. The number of amides is 2. The smallest absolute Gasteiger partial charge is 0.265 e. The van der Waals surface area contributed by atoms with Gasteiger partial charge in [-0.05, 0) is 65.2 Å². The third-order valence-corrected chi connectivity index (χ3v) is 11.9. The minimum atomic E-state index is -0.834. The predicted octanol–water partition coefficient (Wildman–Crippen LogP) is 7.51. The maximum Gasteiger partial charge on any atom is 0.265 e. The number of thioether (sulfide) groups is 1. The summed E-state index contributed by atoms with van der Waals surface area (Å²) in [4.78, 5) is 33.4. The minimum absolute atomic E-state index is 0.0228. The SMILES string of the molecule is C=C(C(=O)N(C(=O)[C@]12CNC[C@H]1[C@@]1(c3ccccc3)CC[C@@H]2c2ccccc21)C1=C2CC=CC=C2SC=C1)c1ccccc1OC. The Morgan fingerprint density at radius 1 is 1.02 bits per heavy atom. The van der Waals surface area contributed by atoms with Gasteiger partial charge in [-0.2, -0.15) is 0 Å². The summed E-state index contributed by atoms with van der Waals surface area (Å²) in [5, 5.41) is 5.67. The Hall–Kier alpha value is -4.39. The van der Waals surface area contributed by atoms with Crippen molar-refractivity contribution in [2.45, 2.75) is 30.6 Å². The lowest BCUT2D eigenvalue weighted by Crippen LogP contribution is -2.63. The van der Waals surface area contributed by atoms with Crippen LogP contribution >= 0.6 is 11.8 Å². The van der Waals surface area contributed by atoms with E-state index >= 15 is 4.79 Å². The summed E-state index contributed by atoms with van der Waals surface area (Å²) in [6.07, 6.45) is 10.6. The fourth-order valence-electron chi connectivity index (χ4n) is 9.11. The summed E-state index contributed by atoms with van der Waals surface area (Å²) in [6.45, 7) is 5.50. The van der Waals surface area contributed by atoms with E-state index in [2.05, 4.69) is 78.6 Å². The van der Waals surface area contributed by atoms with Crippen molar-refractivity contribution in [2.24, 2.45) is 11.3 Å². The van der Waals surface area contributed by atoms with Gasteiger partial charge in [0, 0.05) is 46.4 Å². The zero-order chi connectivity index (χ0) is 31.5. The van der Waals surface area contributed by atoms with E-state index in [1.165, 1.54) is 21.6 Å². The highest BCUT2D eigenvalue weighted by molar-refractivity contribution is 8.06. The molecule has 0 aromatic heterocycles. The van der Waals surface area contributed by atoms with Crippen LogP contribution in [-0.2, 0) is 15.0 Å². The van der Waals surface area contributed by atoms with Crippen LogP contribution in [0, 0.1) is 11.3 Å². The molecule has 2 heterocycles. The lowest BCUT2D eigenvalue weighted by Gasteiger charge is -2.61. The van der Waals surface area contributed by atoms with E-state index in [0.717, 1.165) is 23.3 Å². The van der Waals surface area contributed by atoms with E-state index in [1.54, 1.807) is 18.9 Å². The molecule has 0 radical (unpaired) electrons. The number of imide groups is 1. The zero-order valence-electron chi connectivity index (χ0n) is 25.9. The molecular weight excluding hydrogens is 589 g/mol. The molecule has 9 rings (SSSR count). The second kappa shape index (κ2) is 11.1. The number of carbonyl (C=O) groups is 2. The van der Waals surface area contributed by atoms with Crippen LogP contribution in [0.4, 0.5) is 0 Å². The standard InChI is InChI=1S/C40H36N2O3S/c1-26(28-14-7-10-18-34(28)45-2)37(43)42(33-21-23-46-35-19-11-8-16-30(33)35)38(44)40-25-41-24-36(40)39(27-12-4-3-5-13-27)22-20-32(40)29-15-6-9-17-31(29)39/h3-15,17-19,21,23,32,36,41H,1,16,20,22,24-25H2,2H3/t32-,36+,39-,40+/m1/s1. The second-order valence-corrected chi connectivity index (χ2v) is 13.8. The van der Waals surface area contributed by atoms with Crippen molar-refractivity contribution >= 4 is 29.1 Å². The van der Waals surface area contributed by atoms with Crippen LogP contribution in [0.5, 0.6) is 5.75 Å². The molecule has 1 saturated heterocycles. The summed E-state index contributed by atoms with van der Waals surface area (Å²) in [6, 6.07) is 26.8. The molecular formula is C40H36N2O3S. The molecule has 2 bridgehead atoms. The van der Waals surface area contributed by atoms with Gasteiger partial charge < -0.3 is 10.1 Å². The van der Waals surface area contributed by atoms with Crippen molar-refractivity contribution in [3.63, 3.8) is 0 Å². The van der Waals surface area contributed by atoms with Crippen LogP contribution in [-0.4, -0.2) is 36.9 Å². The fraction of sp³-hybridized carbons (Fsp3) is 0.250. The van der Waals surface area contributed by atoms with Crippen LogP contribution in [0.2, 0.25) is 0 Å². The number of hydrogen-bond acceptors (Lipinski definition) is 5. The molecule has 4 atom stereocenters. The Bertz CT molecular complexity index is 1910. The number of para-hydroxylation sites is 1. The molecule has 2 fully saturated rings. The molecule has 2 aliphatic heterocycles. The molecule has 6 aliphatic rings. The highest BCUT2D eigenvalue weighted by Crippen LogP contribution is 2.68. The van der Waals surface area contributed by atoms with Gasteiger partial charge in [0.25, 0.3) is 5.91 Å². The number of rotatable bonds is 6. The molecule has 1 N–H and O–H groups in total. The van der Waals surface area contributed by atoms with E-state index < -0.39 is 11.3 Å². The van der Waals surface area contributed by atoms with Gasteiger partial charge >= 0.3 is 0 Å². The normalized spacial score (nSPS) is 26.9. The number of carbonyl (C=O) groups excluding carboxylic acids is 2. The Labute approximate surface area is 274 Å². The average molecular weight is 625 g/mol. The number of methoxy groups -OCH3 is 1. The molecule has 5 nitrogen and oxygen atoms in total. The van der Waals surface area contributed by atoms with Gasteiger partial charge in [0.1, 0.15) is 5.75 Å². The lowest BCUT2D eigenvalue weighted by atomic mass is 9.41. The monoisotopic (exact) mass is 624 g/mol. The summed E-state index contributed by atoms with van der Waals surface area (Å²) >= 11 is 1.62. The second-order valence-electron chi connectivity index (χ2n) is 12.8. The van der Waals surface area contributed by atoms with Gasteiger partial charge in [0.2, 0.25) is 5.91 Å². The van der Waals surface area contributed by atoms with E-state index in [4.69, 9.17) is 4.74 Å². The molecule has 2 amide bonds. The number of ether oxygens (including phenoxy) is 1. The molecule has 0 spiro atoms. The first-order chi connectivity index (χ1) is 22.5. The van der Waals surface area contributed by atoms with Crippen LogP contribution < -0.4 is 10.1 Å². The van der Waals surface area contributed by atoms with Crippen molar-refractivity contribution < 1.29 is 14.3 Å². The van der Waals surface area contributed by atoms with E-state index in [1.807, 2.05) is 41.8 Å². The Morgan fingerprint density at radius 2 is 1.80 bits per heavy atom. The first-order valence-electron chi connectivity index (χ1n) is 16.0. The van der Waals surface area contributed by atoms with Crippen LogP contribution in [0.3, 0.4) is 0 Å². The van der Waals surface area contributed by atoms with E-state index in [-0.39, 0.29) is 28.7 Å². The minimum Gasteiger partial charge on any atom is -0.496 e. The van der Waals surface area contributed by atoms with Crippen molar-refractivity contribution in [1.82, 2.24) is 10.2 Å². The summed E-state index contributed by atoms with van der Waals surface area (Å²) < 4.78 is 5.64. The van der Waals surface area contributed by atoms with Crippen molar-refractivity contribution in [3.8, 4) is 5.75 Å². The first-order valence-corrected chi connectivity index (χ1v) is 16.9. The molecule has 1 saturated carbocycles. The van der Waals surface area contributed by atoms with Gasteiger partial charge in [0.05, 0.1) is 18.2 Å². The van der Waals surface area contributed by atoms with Gasteiger partial charge in [-0.1, -0.05) is 103 Å². The van der Waals surface area contributed by atoms with Crippen LogP contribution in [0.25, 0.3) is 5.57 Å².